The Kier molecular flexibility index (Phi) is 10.3. The Morgan fingerprint density at radius 1 is 1.19 bits per heavy atom. The molecule has 3 N–H and O–H groups in total. The van der Waals surface area contributed by atoms with Gasteiger partial charge in [-0.3, -0.25) is 0 Å². The third-order valence-corrected chi connectivity index (χ3v) is 5.50. The molecule has 0 radical (unpaired) electrons. The number of hydrogen-bond donors (Lipinski definition) is 3. The fourth-order valence-electron chi connectivity index (χ4n) is 2.87. The first kappa shape index (κ1) is 23.9. The summed E-state index contributed by atoms with van der Waals surface area (Å²) in [6.07, 6.45) is 6.34. The van der Waals surface area contributed by atoms with E-state index in [9.17, 15) is 8.42 Å². The lowest BCUT2D eigenvalue weighted by Crippen LogP contribution is -2.42. The second-order valence-corrected chi connectivity index (χ2v) is 8.53. The summed E-state index contributed by atoms with van der Waals surface area (Å²) < 4.78 is 27.1. The molecule has 2 rings (SSSR count). The lowest BCUT2D eigenvalue weighted by atomic mass is 10.1. The van der Waals surface area contributed by atoms with Crippen LogP contribution in [-0.4, -0.2) is 33.0 Å². The topological polar surface area (TPSA) is 82.6 Å². The molecule has 0 aromatic heterocycles. The van der Waals surface area contributed by atoms with Crippen LogP contribution in [0.15, 0.2) is 41.4 Å². The van der Waals surface area contributed by atoms with Gasteiger partial charge in [0.2, 0.25) is 10.0 Å². The summed E-state index contributed by atoms with van der Waals surface area (Å²) in [5.74, 6) is 0.729. The van der Waals surface area contributed by atoms with E-state index in [4.69, 9.17) is 0 Å². The predicted octanol–water partition coefficient (Wildman–Crippen LogP) is 2.91. The molecule has 0 saturated heterocycles. The third kappa shape index (κ3) is 8.61. The molecule has 1 aromatic rings. The number of hydrogen-bond acceptors (Lipinski definition) is 3. The van der Waals surface area contributed by atoms with Gasteiger partial charge in [0, 0.05) is 18.6 Å². The van der Waals surface area contributed by atoms with E-state index in [1.54, 1.807) is 0 Å². The fourth-order valence-corrected chi connectivity index (χ4v) is 4.36. The number of halogens is 1. The molecular weight excluding hydrogens is 475 g/mol. The molecule has 0 spiro atoms. The first-order valence-corrected chi connectivity index (χ1v) is 10.8. The minimum Gasteiger partial charge on any atom is -0.357 e. The Labute approximate surface area is 180 Å². The van der Waals surface area contributed by atoms with Crippen LogP contribution in [0.5, 0.6) is 0 Å². The molecule has 0 atom stereocenters. The average molecular weight is 506 g/mol. The normalized spacial score (nSPS) is 15.0. The largest absolute Gasteiger partial charge is 0.357 e. The van der Waals surface area contributed by atoms with Gasteiger partial charge in [-0.15, -0.1) is 24.0 Å². The second kappa shape index (κ2) is 11.7. The molecular formula is C19H31IN4O2S. The van der Waals surface area contributed by atoms with Gasteiger partial charge in [0.15, 0.2) is 5.96 Å². The smallest absolute Gasteiger partial charge is 0.216 e. The van der Waals surface area contributed by atoms with Gasteiger partial charge in [0.1, 0.15) is 0 Å². The number of guanidine groups is 1. The van der Waals surface area contributed by atoms with Gasteiger partial charge in [-0.1, -0.05) is 36.4 Å². The van der Waals surface area contributed by atoms with Crippen molar-refractivity contribution in [3.63, 3.8) is 0 Å². The maximum atomic E-state index is 12.3. The third-order valence-electron chi connectivity index (χ3n) is 3.98. The molecule has 0 amide bonds. The van der Waals surface area contributed by atoms with Crippen molar-refractivity contribution in [3.8, 4) is 0 Å². The molecule has 0 saturated carbocycles. The van der Waals surface area contributed by atoms with Gasteiger partial charge < -0.3 is 10.6 Å². The fraction of sp³-hybridized carbons (Fsp3) is 0.526. The number of aliphatic imine (C=N–C) groups is 1. The van der Waals surface area contributed by atoms with Crippen molar-refractivity contribution in [1.29, 1.82) is 0 Å². The average Bonchev–Trinajstić information content (AvgIpc) is 3.05. The minimum absolute atomic E-state index is 0. The molecule has 1 aliphatic rings. The Morgan fingerprint density at radius 3 is 2.41 bits per heavy atom. The molecule has 0 unspecified atom stereocenters. The van der Waals surface area contributed by atoms with E-state index >= 15 is 0 Å². The molecule has 0 bridgehead atoms. The SMILES string of the molecule is CCNC(=NCc1ccccc1CS(=O)(=O)NC(C)C)NC1CC=CC1.I. The van der Waals surface area contributed by atoms with E-state index in [1.165, 1.54) is 0 Å². The van der Waals surface area contributed by atoms with Gasteiger partial charge in [-0.25, -0.2) is 18.1 Å². The summed E-state index contributed by atoms with van der Waals surface area (Å²) in [5.41, 5.74) is 1.70. The van der Waals surface area contributed by atoms with Gasteiger partial charge in [0.05, 0.1) is 12.3 Å². The van der Waals surface area contributed by atoms with E-state index in [1.807, 2.05) is 45.0 Å². The molecule has 0 aliphatic heterocycles. The van der Waals surface area contributed by atoms with Crippen molar-refractivity contribution in [2.75, 3.05) is 6.54 Å². The first-order valence-electron chi connectivity index (χ1n) is 9.16. The van der Waals surface area contributed by atoms with Crippen molar-refractivity contribution < 1.29 is 8.42 Å². The molecule has 0 fully saturated rings. The van der Waals surface area contributed by atoms with Crippen LogP contribution in [0.25, 0.3) is 0 Å². The van der Waals surface area contributed by atoms with Gasteiger partial charge >= 0.3 is 0 Å². The maximum absolute atomic E-state index is 12.3. The molecule has 8 heteroatoms. The maximum Gasteiger partial charge on any atom is 0.216 e. The number of nitrogens with zero attached hydrogens (tertiary/aromatic N) is 1. The van der Waals surface area contributed by atoms with Gasteiger partial charge in [0.25, 0.3) is 0 Å². The van der Waals surface area contributed by atoms with E-state index in [0.29, 0.717) is 12.6 Å². The second-order valence-electron chi connectivity index (χ2n) is 6.78. The lowest BCUT2D eigenvalue weighted by Gasteiger charge is -2.17. The standard InChI is InChI=1S/C19H30N4O2S.HI/c1-4-20-19(22-18-11-7-8-12-18)21-13-16-9-5-6-10-17(16)14-26(24,25)23-15(2)3;/h5-10,15,18,23H,4,11-14H2,1-3H3,(H2,20,21,22);1H. The monoisotopic (exact) mass is 506 g/mol. The molecule has 6 nitrogen and oxygen atoms in total. The van der Waals surface area contributed by atoms with Gasteiger partial charge in [-0.05, 0) is 44.7 Å². The number of sulfonamides is 1. The highest BCUT2D eigenvalue weighted by Gasteiger charge is 2.16. The van der Waals surface area contributed by atoms with Gasteiger partial charge in [-0.2, -0.15) is 0 Å². The molecule has 27 heavy (non-hydrogen) atoms. The molecule has 1 aliphatic carbocycles. The van der Waals surface area contributed by atoms with Crippen LogP contribution < -0.4 is 15.4 Å². The molecule has 1 aromatic carbocycles. The highest BCUT2D eigenvalue weighted by molar-refractivity contribution is 14.0. The predicted molar refractivity (Wildman–Crippen MR) is 123 cm³/mol. The Balaban J connectivity index is 0.00000364. The van der Waals surface area contributed by atoms with E-state index in [-0.39, 0.29) is 35.8 Å². The summed E-state index contributed by atoms with van der Waals surface area (Å²) in [6, 6.07) is 7.82. The van der Waals surface area contributed by atoms with Crippen LogP contribution in [-0.2, 0) is 22.3 Å². The molecule has 152 valence electrons. The Morgan fingerprint density at radius 2 is 1.81 bits per heavy atom. The Hall–Kier alpha value is -1.13. The Bertz CT molecular complexity index is 740. The summed E-state index contributed by atoms with van der Waals surface area (Å²) >= 11 is 0. The zero-order valence-electron chi connectivity index (χ0n) is 16.2. The number of benzene rings is 1. The number of rotatable bonds is 8. The zero-order chi connectivity index (χ0) is 19.0. The highest BCUT2D eigenvalue weighted by Crippen LogP contribution is 2.14. The number of nitrogens with one attached hydrogen (secondary N) is 3. The summed E-state index contributed by atoms with van der Waals surface area (Å²) in [7, 11) is -3.36. The van der Waals surface area contributed by atoms with Crippen molar-refractivity contribution in [3.05, 3.63) is 47.5 Å². The highest BCUT2D eigenvalue weighted by atomic mass is 127. The van der Waals surface area contributed by atoms with Crippen LogP contribution in [0.1, 0.15) is 44.7 Å². The lowest BCUT2D eigenvalue weighted by molar-refractivity contribution is 0.569. The van der Waals surface area contributed by atoms with Crippen LogP contribution in [0.4, 0.5) is 0 Å². The van der Waals surface area contributed by atoms with Crippen LogP contribution in [0.2, 0.25) is 0 Å². The van der Waals surface area contributed by atoms with Crippen LogP contribution >= 0.6 is 24.0 Å². The minimum atomic E-state index is -3.36. The first-order chi connectivity index (χ1) is 12.4. The summed E-state index contributed by atoms with van der Waals surface area (Å²) in [6.45, 7) is 6.88. The van der Waals surface area contributed by atoms with E-state index in [2.05, 4.69) is 32.5 Å². The molecule has 0 heterocycles. The summed E-state index contributed by atoms with van der Waals surface area (Å²) in [4.78, 5) is 4.65. The van der Waals surface area contributed by atoms with Crippen LogP contribution in [0.3, 0.4) is 0 Å². The quantitative estimate of drug-likeness (QED) is 0.219. The zero-order valence-corrected chi connectivity index (χ0v) is 19.4. The van der Waals surface area contributed by atoms with Crippen molar-refractivity contribution in [2.45, 2.75) is 58.0 Å². The van der Waals surface area contributed by atoms with Crippen molar-refractivity contribution >= 4 is 40.0 Å². The van der Waals surface area contributed by atoms with Crippen molar-refractivity contribution in [1.82, 2.24) is 15.4 Å². The van der Waals surface area contributed by atoms with E-state index in [0.717, 1.165) is 36.5 Å². The van der Waals surface area contributed by atoms with Crippen LogP contribution in [0, 0.1) is 0 Å². The van der Waals surface area contributed by atoms with E-state index < -0.39 is 10.0 Å². The summed E-state index contributed by atoms with van der Waals surface area (Å²) in [5, 5.41) is 6.68. The van der Waals surface area contributed by atoms with Crippen molar-refractivity contribution in [2.24, 2.45) is 4.99 Å².